The maximum absolute atomic E-state index is 11.9. The molecule has 2 aliphatic heterocycles. The summed E-state index contributed by atoms with van der Waals surface area (Å²) in [6.07, 6.45) is 51.4. The molecule has 0 unspecified atom stereocenters. The van der Waals surface area contributed by atoms with Crippen LogP contribution >= 0.6 is 0 Å². The van der Waals surface area contributed by atoms with Crippen LogP contribution in [0.25, 0.3) is 33.9 Å². The molecule has 2 heterocycles. The van der Waals surface area contributed by atoms with Crippen LogP contribution in [0.3, 0.4) is 0 Å². The van der Waals surface area contributed by atoms with Crippen molar-refractivity contribution in [3.8, 4) is 0 Å². The van der Waals surface area contributed by atoms with Gasteiger partial charge in [0.2, 0.25) is 22.8 Å². The Morgan fingerprint density at radius 1 is 0.400 bits per heavy atom. The second-order valence-electron chi connectivity index (χ2n) is 24.6. The van der Waals surface area contributed by atoms with Crippen molar-refractivity contribution >= 4 is 22.8 Å². The van der Waals surface area contributed by atoms with Gasteiger partial charge < -0.3 is 11.1 Å². The van der Waals surface area contributed by atoms with Crippen molar-refractivity contribution < 1.29 is 49.9 Å². The quantitative estimate of drug-likeness (QED) is 0.0192. The molecule has 0 radical (unpaired) electrons. The van der Waals surface area contributed by atoms with Crippen molar-refractivity contribution in [3.63, 3.8) is 0 Å². The first kappa shape index (κ1) is 80.0. The summed E-state index contributed by atoms with van der Waals surface area (Å²) < 4.78 is 16.1. The summed E-state index contributed by atoms with van der Waals surface area (Å²) in [6, 6.07) is 35.1. The first-order chi connectivity index (χ1) is 43.9. The summed E-state index contributed by atoms with van der Waals surface area (Å²) in [4.78, 5) is 0. The molecule has 6 rings (SSSR count). The number of hydrogen-bond donors (Lipinski definition) is 0. The Balaban J connectivity index is 0.000000402. The Morgan fingerprint density at radius 3 is 1.23 bits per heavy atom. The van der Waals surface area contributed by atoms with Crippen molar-refractivity contribution in [2.75, 3.05) is 42.4 Å². The molecule has 0 bridgehead atoms. The molecule has 0 atom stereocenters. The normalized spacial score (nSPS) is 13.1. The summed E-state index contributed by atoms with van der Waals surface area (Å²) >= 11 is 1.56. The zero-order valence-electron chi connectivity index (χ0n) is 58.7. The van der Waals surface area contributed by atoms with Gasteiger partial charge in [-0.25, -0.2) is 9.39 Å². The summed E-state index contributed by atoms with van der Waals surface area (Å²) in [5, 5.41) is 0. The van der Waals surface area contributed by atoms with Crippen molar-refractivity contribution in [1.82, 2.24) is 7.96 Å². The van der Waals surface area contributed by atoms with Crippen LogP contribution in [0.2, 0.25) is 0 Å². The topological polar surface area (TPSA) is 75.6 Å². The molecule has 0 saturated carbocycles. The van der Waals surface area contributed by atoms with Gasteiger partial charge in [0.1, 0.15) is 0 Å². The Bertz CT molecular complexity index is 2750. The number of unbranched alkanes of at least 4 members (excludes halogenated alkanes) is 21. The molecule has 10 heteroatoms. The zero-order valence-corrected chi connectivity index (χ0v) is 61.3. The minimum atomic E-state index is 0.0444. The summed E-state index contributed by atoms with van der Waals surface area (Å²) in [5.74, 6) is 0. The Kier molecular flexibility index (Phi) is 45.5. The second-order valence-corrected chi connectivity index (χ2v) is 28.1. The van der Waals surface area contributed by atoms with Crippen LogP contribution < -0.4 is 0 Å². The first-order valence-corrected chi connectivity index (χ1v) is 37.6. The van der Waals surface area contributed by atoms with Crippen LogP contribution in [0.5, 0.6) is 0 Å². The van der Waals surface area contributed by atoms with Crippen molar-refractivity contribution in [2.45, 2.75) is 260 Å². The third-order valence-corrected chi connectivity index (χ3v) is 17.8. The van der Waals surface area contributed by atoms with E-state index in [1.165, 1.54) is 206 Å². The van der Waals surface area contributed by atoms with E-state index < -0.39 is 0 Å². The minimum absolute atomic E-state index is 0.0444. The average molecular weight is 1370 g/mol. The van der Waals surface area contributed by atoms with Crippen molar-refractivity contribution in [2.24, 2.45) is 0 Å². The molecule has 4 aromatic rings. The van der Waals surface area contributed by atoms with Crippen LogP contribution in [-0.2, 0) is 66.2 Å². The van der Waals surface area contributed by atoms with Crippen LogP contribution in [0.4, 0.5) is 0 Å². The number of aryl methyl sites for hydroxylation is 4. The molecule has 0 aromatic heterocycles. The van der Waals surface area contributed by atoms with E-state index in [1.807, 2.05) is 40.3 Å². The predicted molar refractivity (Wildman–Crippen MR) is 381 cm³/mol. The fourth-order valence-electron chi connectivity index (χ4n) is 11.7. The molecule has 0 spiro atoms. The Labute approximate surface area is 567 Å². The molecule has 0 saturated heterocycles. The fraction of sp³-hybridized carbons (Fsp3) is 0.575. The Morgan fingerprint density at radius 2 is 0.789 bits per heavy atom. The average Bonchev–Trinajstić information content (AvgIpc) is 1.65. The Hall–Kier alpha value is -4.22. The van der Waals surface area contributed by atoms with Gasteiger partial charge in [-0.1, -0.05) is 237 Å². The van der Waals surface area contributed by atoms with Gasteiger partial charge in [0.05, 0.1) is 0 Å². The van der Waals surface area contributed by atoms with Gasteiger partial charge >= 0.3 is 90.9 Å². The molecule has 90 heavy (non-hydrogen) atoms. The van der Waals surface area contributed by atoms with E-state index in [-0.39, 0.29) is 18.7 Å². The van der Waals surface area contributed by atoms with E-state index in [0.717, 1.165) is 110 Å². The molecule has 0 amide bonds. The molecule has 8 nitrogen and oxygen atoms in total. The third kappa shape index (κ3) is 32.1. The van der Waals surface area contributed by atoms with Crippen LogP contribution in [0.1, 0.15) is 279 Å². The molecule has 0 aliphatic carbocycles. The predicted octanol–water partition coefficient (Wildman–Crippen LogP) is 23.7. The fourth-order valence-corrected chi connectivity index (χ4v) is 12.8. The van der Waals surface area contributed by atoms with Gasteiger partial charge in [0.15, 0.2) is 0 Å². The van der Waals surface area contributed by atoms with Crippen LogP contribution in [0.15, 0.2) is 133 Å². The van der Waals surface area contributed by atoms with Gasteiger partial charge in [0.25, 0.3) is 0 Å². The summed E-state index contributed by atoms with van der Waals surface area (Å²) in [5.41, 5.74) is 39.4. The molecule has 4 aromatic carbocycles. The van der Waals surface area contributed by atoms with Crippen LogP contribution in [0, 0.1) is 0 Å². The van der Waals surface area contributed by atoms with Gasteiger partial charge in [-0.05, 0) is 155 Å². The van der Waals surface area contributed by atoms with E-state index in [1.54, 1.807) is 18.9 Å². The number of nitrogens with zero attached hydrogens (tertiary/aromatic N) is 6. The third-order valence-electron chi connectivity index (χ3n) is 16.5. The summed E-state index contributed by atoms with van der Waals surface area (Å²) in [6.45, 7) is 13.6. The van der Waals surface area contributed by atoms with E-state index >= 15 is 0 Å². The monoisotopic (exact) mass is 1360 g/mol. The molecule has 2 aliphatic rings. The standard InChI is InChI=1S/C41H62N2.C33H44N2.2C2H6N.2CH3O.Ni.Pd/c1-5-9-13-14-15-16-17-18-19-20-21-25-35-27-23-29-37(33-35)41-39(31-12-8-4)38(30-11-7-3)40(43(41)42)36-28-22-26-34(32-36)24-10-6-2;1-3-5-7-8-9-10-11-12-13-14-15-21-29-22-16-17-24-31(29)33-26-25-32(35(33)34)30-23-18-20-28(27-30)19-6-4-2;2*1-3-2;2*1-2;;/h22-23,26-29,32-33H,5-21,24-25,30-31H2,1-4H3;13-14,16-18,20,22-27H,3-12,15,19,21H2,1-2H3;2*1-2H3;2*1H3;;/q;;4*-1;2*+2. The molecule has 0 fully saturated rings. The van der Waals surface area contributed by atoms with Crippen molar-refractivity contribution in [1.29, 1.82) is 0 Å². The summed E-state index contributed by atoms with van der Waals surface area (Å²) in [7, 11) is 11.3. The maximum atomic E-state index is 11.9. The van der Waals surface area contributed by atoms with E-state index in [9.17, 15) is 11.1 Å². The van der Waals surface area contributed by atoms with Gasteiger partial charge in [-0.15, -0.1) is 0 Å². The second kappa shape index (κ2) is 51.2. The SMILES string of the molecule is CCCCCCCCCC=CCCc1ccccc1C1=CC=C(c2cccc(CCCC)c2)[N+]1=[N-].CCCCCCCCCCCCCc1cccc(C2=C(CCCC)C(CCCC)=C(c3cccc(CCCC)c3)[N+]2=[N-])c1.C[N](C)[Ni][N](C)C.C[O][Pd][O]C. The molecule has 506 valence electrons. The molecular weight excluding hydrogens is 1240 g/mol. The first-order valence-electron chi connectivity index (χ1n) is 35.4. The number of rotatable bonds is 43. The van der Waals surface area contributed by atoms with E-state index in [2.05, 4.69) is 166 Å². The van der Waals surface area contributed by atoms with Gasteiger partial charge in [0, 0.05) is 45.6 Å². The van der Waals surface area contributed by atoms with Gasteiger partial charge in [-0.2, -0.15) is 0 Å². The van der Waals surface area contributed by atoms with E-state index in [0.29, 0.717) is 0 Å². The number of allylic oxidation sites excluding steroid dienone is 6. The van der Waals surface area contributed by atoms with Gasteiger partial charge in [-0.3, -0.25) is 0 Å². The van der Waals surface area contributed by atoms with Crippen molar-refractivity contribution in [3.05, 3.63) is 188 Å². The molecule has 0 N–H and O–H groups in total. The molecular formula is C80H124N6NiO2Pd. The number of benzene rings is 4. The van der Waals surface area contributed by atoms with Crippen LogP contribution in [-0.4, -0.2) is 59.8 Å². The zero-order chi connectivity index (χ0) is 65.4. The number of hydrogen-bond acceptors (Lipinski definition) is 4. The van der Waals surface area contributed by atoms with E-state index in [4.69, 9.17) is 0 Å².